The van der Waals surface area contributed by atoms with Crippen molar-refractivity contribution in [2.45, 2.75) is 13.0 Å². The van der Waals surface area contributed by atoms with Gasteiger partial charge < -0.3 is 10.1 Å². The van der Waals surface area contributed by atoms with Gasteiger partial charge in [-0.1, -0.05) is 12.1 Å². The number of nitrogens with zero attached hydrogens (tertiary/aromatic N) is 1. The molecule has 0 saturated carbocycles. The van der Waals surface area contributed by atoms with Crippen molar-refractivity contribution in [1.82, 2.24) is 4.98 Å². The number of nitrogens with one attached hydrogen (secondary N) is 1. The summed E-state index contributed by atoms with van der Waals surface area (Å²) in [5, 5.41) is 3.36. The number of fused-ring (bicyclic) bond motifs is 1. The summed E-state index contributed by atoms with van der Waals surface area (Å²) in [5.74, 6) is 1.03. The van der Waals surface area contributed by atoms with E-state index in [1.807, 2.05) is 18.3 Å². The summed E-state index contributed by atoms with van der Waals surface area (Å²) in [4.78, 5) is 4.18. The molecule has 0 spiro atoms. The second-order valence-electron chi connectivity index (χ2n) is 4.26. The number of hydrogen-bond donors (Lipinski definition) is 1. The van der Waals surface area contributed by atoms with Gasteiger partial charge in [0.2, 0.25) is 0 Å². The molecule has 0 bridgehead atoms. The molecule has 0 saturated heterocycles. The average Bonchev–Trinajstić information content (AvgIpc) is 2.85. The van der Waals surface area contributed by atoms with Gasteiger partial charge in [0.1, 0.15) is 10.4 Å². The molecule has 0 fully saturated rings. The van der Waals surface area contributed by atoms with Crippen LogP contribution < -0.4 is 10.1 Å². The van der Waals surface area contributed by atoms with Crippen molar-refractivity contribution in [3.63, 3.8) is 0 Å². The summed E-state index contributed by atoms with van der Waals surface area (Å²) < 4.78 is 6.34. The average molecular weight is 305 g/mol. The fourth-order valence-corrected chi connectivity index (χ4v) is 2.27. The highest BCUT2D eigenvalue weighted by Crippen LogP contribution is 2.26. The van der Waals surface area contributed by atoms with Gasteiger partial charge in [0.05, 0.1) is 18.5 Å². The molecule has 1 N–H and O–H groups in total. The Kier molecular flexibility index (Phi) is 3.19. The van der Waals surface area contributed by atoms with E-state index < -0.39 is 0 Å². The molecule has 1 aliphatic heterocycles. The van der Waals surface area contributed by atoms with Crippen LogP contribution in [0.3, 0.4) is 0 Å². The highest BCUT2D eigenvalue weighted by molar-refractivity contribution is 9.10. The van der Waals surface area contributed by atoms with Crippen LogP contribution in [0.1, 0.15) is 11.1 Å². The van der Waals surface area contributed by atoms with Crippen molar-refractivity contribution < 1.29 is 4.74 Å². The number of ether oxygens (including phenoxy) is 1. The van der Waals surface area contributed by atoms with Crippen LogP contribution in [0, 0.1) is 0 Å². The third kappa shape index (κ3) is 2.48. The molecule has 3 rings (SSSR count). The number of benzene rings is 1. The molecule has 0 radical (unpaired) electrons. The lowest BCUT2D eigenvalue weighted by molar-refractivity contribution is 0.357. The number of pyridine rings is 1. The van der Waals surface area contributed by atoms with E-state index >= 15 is 0 Å². The van der Waals surface area contributed by atoms with E-state index in [0.29, 0.717) is 0 Å². The summed E-state index contributed by atoms with van der Waals surface area (Å²) in [7, 11) is 0. The highest BCUT2D eigenvalue weighted by atomic mass is 79.9. The van der Waals surface area contributed by atoms with Crippen molar-refractivity contribution in [3.8, 4) is 5.75 Å². The van der Waals surface area contributed by atoms with Crippen LogP contribution >= 0.6 is 15.9 Å². The van der Waals surface area contributed by atoms with Crippen molar-refractivity contribution in [3.05, 3.63) is 52.3 Å². The Morgan fingerprint density at radius 1 is 1.28 bits per heavy atom. The second kappa shape index (κ2) is 4.98. The lowest BCUT2D eigenvalue weighted by Crippen LogP contribution is -2.00. The maximum atomic E-state index is 5.49. The maximum Gasteiger partial charge on any atom is 0.122 e. The van der Waals surface area contributed by atoms with Gasteiger partial charge in [0.15, 0.2) is 0 Å². The third-order valence-electron chi connectivity index (χ3n) is 2.98. The Balaban J connectivity index is 1.68. The molecule has 2 heterocycles. The summed E-state index contributed by atoms with van der Waals surface area (Å²) in [6, 6.07) is 10.3. The lowest BCUT2D eigenvalue weighted by atomic mass is 10.1. The molecular weight excluding hydrogens is 292 g/mol. The lowest BCUT2D eigenvalue weighted by Gasteiger charge is -2.07. The molecular formula is C14H13BrN2O. The van der Waals surface area contributed by atoms with E-state index in [4.69, 9.17) is 4.74 Å². The quantitative estimate of drug-likeness (QED) is 0.883. The van der Waals surface area contributed by atoms with E-state index in [1.54, 1.807) is 0 Å². The molecule has 2 aromatic rings. The molecule has 1 aliphatic rings. The van der Waals surface area contributed by atoms with Crippen LogP contribution in [-0.4, -0.2) is 11.6 Å². The SMILES string of the molecule is Brc1ccc(NCc2ccc3c(c2)CCO3)cn1. The number of anilines is 1. The van der Waals surface area contributed by atoms with E-state index in [-0.39, 0.29) is 0 Å². The Hall–Kier alpha value is -1.55. The van der Waals surface area contributed by atoms with Crippen LogP contribution in [0.2, 0.25) is 0 Å². The molecule has 0 aliphatic carbocycles. The summed E-state index contributed by atoms with van der Waals surface area (Å²) in [5.41, 5.74) is 3.60. The molecule has 0 unspecified atom stereocenters. The van der Waals surface area contributed by atoms with Crippen LogP contribution in [0.4, 0.5) is 5.69 Å². The molecule has 18 heavy (non-hydrogen) atoms. The maximum absolute atomic E-state index is 5.49. The molecule has 1 aromatic carbocycles. The van der Waals surface area contributed by atoms with Crippen molar-refractivity contribution >= 4 is 21.6 Å². The highest BCUT2D eigenvalue weighted by Gasteiger charge is 2.11. The smallest absolute Gasteiger partial charge is 0.122 e. The molecule has 0 atom stereocenters. The Labute approximate surface area is 114 Å². The number of aromatic nitrogens is 1. The fourth-order valence-electron chi connectivity index (χ4n) is 2.03. The number of halogens is 1. The summed E-state index contributed by atoms with van der Waals surface area (Å²) in [6.07, 6.45) is 2.84. The monoisotopic (exact) mass is 304 g/mol. The minimum atomic E-state index is 0.802. The minimum Gasteiger partial charge on any atom is -0.493 e. The molecule has 92 valence electrons. The minimum absolute atomic E-state index is 0.802. The van der Waals surface area contributed by atoms with E-state index in [1.165, 1.54) is 11.1 Å². The van der Waals surface area contributed by atoms with Gasteiger partial charge in [0.25, 0.3) is 0 Å². The van der Waals surface area contributed by atoms with E-state index in [9.17, 15) is 0 Å². The van der Waals surface area contributed by atoms with Crippen molar-refractivity contribution in [2.75, 3.05) is 11.9 Å². The molecule has 1 aromatic heterocycles. The molecule has 0 amide bonds. The van der Waals surface area contributed by atoms with Gasteiger partial charge in [-0.2, -0.15) is 0 Å². The van der Waals surface area contributed by atoms with Gasteiger partial charge in [-0.05, 0) is 45.3 Å². The van der Waals surface area contributed by atoms with Gasteiger partial charge in [-0.25, -0.2) is 4.98 Å². The predicted octanol–water partition coefficient (Wildman–Crippen LogP) is 3.39. The zero-order valence-corrected chi connectivity index (χ0v) is 11.4. The first-order chi connectivity index (χ1) is 8.81. The van der Waals surface area contributed by atoms with Crippen LogP contribution in [0.5, 0.6) is 5.75 Å². The van der Waals surface area contributed by atoms with E-state index in [0.717, 1.165) is 35.6 Å². The van der Waals surface area contributed by atoms with E-state index in [2.05, 4.69) is 44.4 Å². The Morgan fingerprint density at radius 2 is 2.22 bits per heavy atom. The van der Waals surface area contributed by atoms with Crippen LogP contribution in [0.25, 0.3) is 0 Å². The predicted molar refractivity (Wildman–Crippen MR) is 74.9 cm³/mol. The standard InChI is InChI=1S/C14H13BrN2O/c15-14-4-2-12(9-17-14)16-8-10-1-3-13-11(7-10)5-6-18-13/h1-4,7,9,16H,5-6,8H2. The van der Waals surface area contributed by atoms with Gasteiger partial charge >= 0.3 is 0 Å². The molecule has 3 nitrogen and oxygen atoms in total. The normalized spacial score (nSPS) is 12.9. The van der Waals surface area contributed by atoms with Gasteiger partial charge in [-0.3, -0.25) is 0 Å². The molecule has 4 heteroatoms. The Morgan fingerprint density at radius 3 is 3.06 bits per heavy atom. The second-order valence-corrected chi connectivity index (χ2v) is 5.08. The van der Waals surface area contributed by atoms with Crippen molar-refractivity contribution in [2.24, 2.45) is 0 Å². The number of hydrogen-bond acceptors (Lipinski definition) is 3. The largest absolute Gasteiger partial charge is 0.493 e. The summed E-state index contributed by atoms with van der Waals surface area (Å²) in [6.45, 7) is 1.61. The third-order valence-corrected chi connectivity index (χ3v) is 3.45. The van der Waals surface area contributed by atoms with Gasteiger partial charge in [0, 0.05) is 13.0 Å². The van der Waals surface area contributed by atoms with Crippen molar-refractivity contribution in [1.29, 1.82) is 0 Å². The van der Waals surface area contributed by atoms with Crippen LogP contribution in [-0.2, 0) is 13.0 Å². The number of rotatable bonds is 3. The van der Waals surface area contributed by atoms with Crippen LogP contribution in [0.15, 0.2) is 41.1 Å². The zero-order valence-electron chi connectivity index (χ0n) is 9.82. The summed E-state index contributed by atoms with van der Waals surface area (Å²) >= 11 is 3.32. The zero-order chi connectivity index (χ0) is 12.4. The Bertz CT molecular complexity index is 554. The topological polar surface area (TPSA) is 34.1 Å². The van der Waals surface area contributed by atoms with Gasteiger partial charge in [-0.15, -0.1) is 0 Å². The fraction of sp³-hybridized carbons (Fsp3) is 0.214. The first-order valence-corrected chi connectivity index (χ1v) is 6.70. The first-order valence-electron chi connectivity index (χ1n) is 5.91. The first kappa shape index (κ1) is 11.5.